The maximum atomic E-state index is 12.1. The molecule has 0 aromatic rings. The van der Waals surface area contributed by atoms with Crippen molar-refractivity contribution in [3.63, 3.8) is 0 Å². The fraction of sp³-hybridized carbons (Fsp3) is 0.857. The van der Waals surface area contributed by atoms with E-state index >= 15 is 0 Å². The van der Waals surface area contributed by atoms with Crippen LogP contribution in [0.25, 0.3) is 0 Å². The van der Waals surface area contributed by atoms with Gasteiger partial charge in [-0.25, -0.2) is 0 Å². The molecule has 7 heteroatoms. The smallest absolute Gasteiger partial charge is 0.403 e. The number of esters is 1. The lowest BCUT2D eigenvalue weighted by Gasteiger charge is -2.15. The Hall–Kier alpha value is -0.490. The minimum Gasteiger partial charge on any atom is -0.468 e. The lowest BCUT2D eigenvalue weighted by molar-refractivity contribution is -0.155. The first-order chi connectivity index (χ1) is 5.95. The monoisotopic (exact) mass is 233 g/mol. The third kappa shape index (κ3) is 3.02. The highest BCUT2D eigenvalue weighted by molar-refractivity contribution is 5.85. The summed E-state index contributed by atoms with van der Waals surface area (Å²) in [6, 6.07) is -2.38. The Morgan fingerprint density at radius 2 is 2.00 bits per heavy atom. The second-order valence-corrected chi connectivity index (χ2v) is 2.91. The molecule has 1 aliphatic rings. The second-order valence-electron chi connectivity index (χ2n) is 2.91. The predicted octanol–water partition coefficient (Wildman–Crippen LogP) is 1.26. The Morgan fingerprint density at radius 3 is 2.36 bits per heavy atom. The van der Waals surface area contributed by atoms with Crippen LogP contribution in [-0.2, 0) is 9.53 Å². The minimum atomic E-state index is -4.28. The van der Waals surface area contributed by atoms with E-state index in [1.807, 2.05) is 0 Å². The van der Waals surface area contributed by atoms with Crippen molar-refractivity contribution in [3.05, 3.63) is 0 Å². The largest absolute Gasteiger partial charge is 0.468 e. The Morgan fingerprint density at radius 1 is 1.43 bits per heavy atom. The molecule has 0 spiro atoms. The van der Waals surface area contributed by atoms with Crippen LogP contribution in [-0.4, -0.2) is 31.3 Å². The van der Waals surface area contributed by atoms with E-state index in [1.165, 1.54) is 0 Å². The topological polar surface area (TPSA) is 38.3 Å². The predicted molar refractivity (Wildman–Crippen MR) is 45.3 cm³/mol. The first-order valence-corrected chi connectivity index (χ1v) is 3.85. The highest BCUT2D eigenvalue weighted by Crippen LogP contribution is 2.28. The van der Waals surface area contributed by atoms with E-state index in [1.54, 1.807) is 0 Å². The molecule has 0 radical (unpaired) electrons. The normalized spacial score (nSPS) is 26.9. The number of carbonyl (C=O) groups excluding carboxylic acids is 1. The molecule has 0 saturated carbocycles. The number of hydrogen-bond acceptors (Lipinski definition) is 3. The van der Waals surface area contributed by atoms with Gasteiger partial charge in [0.1, 0.15) is 12.1 Å². The van der Waals surface area contributed by atoms with Gasteiger partial charge in [0.25, 0.3) is 0 Å². The molecule has 0 aliphatic carbocycles. The van der Waals surface area contributed by atoms with E-state index in [0.717, 1.165) is 7.11 Å². The average molecular weight is 234 g/mol. The van der Waals surface area contributed by atoms with E-state index < -0.39 is 24.2 Å². The number of rotatable bonds is 1. The highest BCUT2D eigenvalue weighted by Gasteiger charge is 2.45. The van der Waals surface area contributed by atoms with Gasteiger partial charge in [-0.15, -0.1) is 12.4 Å². The van der Waals surface area contributed by atoms with E-state index in [4.69, 9.17) is 0 Å². The van der Waals surface area contributed by atoms with Crippen LogP contribution in [0.2, 0.25) is 0 Å². The molecule has 84 valence electrons. The van der Waals surface area contributed by atoms with Crippen molar-refractivity contribution >= 4 is 18.4 Å². The van der Waals surface area contributed by atoms with Crippen molar-refractivity contribution in [1.82, 2.24) is 5.32 Å². The molecule has 0 aromatic carbocycles. The summed E-state index contributed by atoms with van der Waals surface area (Å²) in [5.74, 6) is -0.633. The van der Waals surface area contributed by atoms with Crippen LogP contribution in [0.4, 0.5) is 13.2 Å². The molecule has 0 aromatic heterocycles. The highest BCUT2D eigenvalue weighted by atomic mass is 35.5. The molecular weight excluding hydrogens is 223 g/mol. The maximum Gasteiger partial charge on any atom is 0.403 e. The number of alkyl halides is 3. The van der Waals surface area contributed by atoms with E-state index in [-0.39, 0.29) is 25.2 Å². The number of hydrogen-bond donors (Lipinski definition) is 1. The fourth-order valence-electron chi connectivity index (χ4n) is 1.33. The van der Waals surface area contributed by atoms with Gasteiger partial charge in [0, 0.05) is 0 Å². The zero-order valence-electron chi connectivity index (χ0n) is 7.43. The van der Waals surface area contributed by atoms with Crippen LogP contribution in [0.1, 0.15) is 12.8 Å². The summed E-state index contributed by atoms with van der Waals surface area (Å²) in [7, 11) is 1.16. The van der Waals surface area contributed by atoms with Crippen LogP contribution in [0.15, 0.2) is 0 Å². The molecule has 1 saturated heterocycles. The quantitative estimate of drug-likeness (QED) is 0.693. The Labute approximate surface area is 85.4 Å². The summed E-state index contributed by atoms with van der Waals surface area (Å²) in [5, 5.41) is 2.18. The standard InChI is InChI=1S/C7H10F3NO2.ClH/c1-13-6(12)4-2-3-5(11-4)7(8,9)10;/h4-5,11H,2-3H2,1H3;1H. The van der Waals surface area contributed by atoms with Crippen LogP contribution in [0, 0.1) is 0 Å². The molecule has 0 amide bonds. The summed E-state index contributed by atoms with van der Waals surface area (Å²) in [4.78, 5) is 10.8. The summed E-state index contributed by atoms with van der Waals surface area (Å²) >= 11 is 0. The van der Waals surface area contributed by atoms with Crippen molar-refractivity contribution < 1.29 is 22.7 Å². The van der Waals surface area contributed by atoms with Gasteiger partial charge in [-0.2, -0.15) is 13.2 Å². The van der Waals surface area contributed by atoms with Gasteiger partial charge >= 0.3 is 12.1 Å². The molecule has 0 bridgehead atoms. The van der Waals surface area contributed by atoms with Crippen molar-refractivity contribution in [2.45, 2.75) is 31.1 Å². The van der Waals surface area contributed by atoms with Crippen LogP contribution in [0.5, 0.6) is 0 Å². The van der Waals surface area contributed by atoms with Gasteiger partial charge < -0.3 is 4.74 Å². The lowest BCUT2D eigenvalue weighted by atomic mass is 10.2. The Kier molecular flexibility index (Phi) is 4.67. The molecule has 1 rings (SSSR count). The molecule has 1 fully saturated rings. The molecule has 2 unspecified atom stereocenters. The average Bonchev–Trinajstić information content (AvgIpc) is 2.50. The van der Waals surface area contributed by atoms with E-state index in [9.17, 15) is 18.0 Å². The van der Waals surface area contributed by atoms with Gasteiger partial charge in [-0.05, 0) is 12.8 Å². The second kappa shape index (κ2) is 4.84. The fourth-order valence-corrected chi connectivity index (χ4v) is 1.33. The SMILES string of the molecule is COC(=O)C1CCC(C(F)(F)F)N1.Cl. The number of nitrogens with one attached hydrogen (secondary N) is 1. The van der Waals surface area contributed by atoms with Crippen LogP contribution >= 0.6 is 12.4 Å². The van der Waals surface area contributed by atoms with Crippen molar-refractivity contribution in [1.29, 1.82) is 0 Å². The zero-order valence-corrected chi connectivity index (χ0v) is 8.24. The number of halogens is 4. The number of methoxy groups -OCH3 is 1. The molecule has 1 N–H and O–H groups in total. The first kappa shape index (κ1) is 13.5. The summed E-state index contributed by atoms with van der Waals surface area (Å²) in [6.07, 6.45) is -4.16. The van der Waals surface area contributed by atoms with Crippen molar-refractivity contribution in [2.24, 2.45) is 0 Å². The van der Waals surface area contributed by atoms with Gasteiger partial charge in [0.15, 0.2) is 0 Å². The van der Waals surface area contributed by atoms with Gasteiger partial charge in [0.2, 0.25) is 0 Å². The van der Waals surface area contributed by atoms with Crippen LogP contribution in [0.3, 0.4) is 0 Å². The number of carbonyl (C=O) groups is 1. The third-order valence-corrected chi connectivity index (χ3v) is 2.03. The molecule has 3 nitrogen and oxygen atoms in total. The minimum absolute atomic E-state index is 0. The molecule has 1 aliphatic heterocycles. The van der Waals surface area contributed by atoms with E-state index in [2.05, 4.69) is 10.1 Å². The van der Waals surface area contributed by atoms with Gasteiger partial charge in [-0.1, -0.05) is 0 Å². The summed E-state index contributed by atoms with van der Waals surface area (Å²) < 4.78 is 40.6. The molecule has 1 heterocycles. The first-order valence-electron chi connectivity index (χ1n) is 3.85. The lowest BCUT2D eigenvalue weighted by Crippen LogP contribution is -2.43. The van der Waals surface area contributed by atoms with Crippen molar-refractivity contribution in [3.8, 4) is 0 Å². The molecule has 14 heavy (non-hydrogen) atoms. The van der Waals surface area contributed by atoms with Gasteiger partial charge in [0.05, 0.1) is 7.11 Å². The summed E-state index contributed by atoms with van der Waals surface area (Å²) in [5.41, 5.74) is 0. The van der Waals surface area contributed by atoms with Crippen LogP contribution < -0.4 is 5.32 Å². The zero-order chi connectivity index (χ0) is 10.1. The molecule has 2 atom stereocenters. The third-order valence-electron chi connectivity index (χ3n) is 2.03. The van der Waals surface area contributed by atoms with Gasteiger partial charge in [-0.3, -0.25) is 10.1 Å². The van der Waals surface area contributed by atoms with E-state index in [0.29, 0.717) is 0 Å². The Bertz CT molecular complexity index is 210. The maximum absolute atomic E-state index is 12.1. The number of ether oxygens (including phenoxy) is 1. The Balaban J connectivity index is 0.00000169. The van der Waals surface area contributed by atoms with Crippen molar-refractivity contribution in [2.75, 3.05) is 7.11 Å². The summed E-state index contributed by atoms with van der Waals surface area (Å²) in [6.45, 7) is 0. The molecular formula is C7H11ClF3NO2.